The van der Waals surface area contributed by atoms with Crippen LogP contribution in [0.25, 0.3) is 0 Å². The Bertz CT molecular complexity index is 485. The molecule has 0 saturated heterocycles. The van der Waals surface area contributed by atoms with Crippen LogP contribution < -0.4 is 9.46 Å². The van der Waals surface area contributed by atoms with Gasteiger partial charge in [-0.1, -0.05) is 6.07 Å². The fraction of sp³-hybridized carbons (Fsp3) is 0.500. The van der Waals surface area contributed by atoms with Gasteiger partial charge in [0.2, 0.25) is 10.0 Å². The molecule has 0 aromatic heterocycles. The molecule has 0 fully saturated rings. The minimum Gasteiger partial charge on any atom is -0.494 e. The number of aliphatic hydroxyl groups excluding tert-OH is 1. The minimum atomic E-state index is -3.16. The molecule has 18 heavy (non-hydrogen) atoms. The van der Waals surface area contributed by atoms with Gasteiger partial charge in [0, 0.05) is 0 Å². The molecule has 0 radical (unpaired) electrons. The molecule has 1 rings (SSSR count). The molecule has 0 aliphatic carbocycles. The molecule has 5 nitrogen and oxygen atoms in total. The van der Waals surface area contributed by atoms with Gasteiger partial charge in [0.15, 0.2) is 0 Å². The van der Waals surface area contributed by atoms with Crippen LogP contribution in [0, 0.1) is 6.92 Å². The monoisotopic (exact) mass is 273 g/mol. The lowest BCUT2D eigenvalue weighted by atomic mass is 10.1. The number of aryl methyl sites for hydroxylation is 1. The van der Waals surface area contributed by atoms with E-state index in [1.54, 1.807) is 6.07 Å². The highest BCUT2D eigenvalue weighted by molar-refractivity contribution is 7.89. The summed E-state index contributed by atoms with van der Waals surface area (Å²) in [7, 11) is -1.77. The van der Waals surface area contributed by atoms with E-state index in [1.807, 2.05) is 19.1 Å². The number of rotatable bonds is 7. The van der Waals surface area contributed by atoms with Gasteiger partial charge in [-0.15, -0.1) is 0 Å². The first-order valence-corrected chi connectivity index (χ1v) is 7.37. The molecule has 0 spiro atoms. The normalized spacial score (nSPS) is 11.5. The van der Waals surface area contributed by atoms with Gasteiger partial charge in [-0.05, 0) is 43.7 Å². The standard InChI is InChI=1S/C12H19NO4S/c1-10-6-11(9-14)8-12(7-10)17-4-3-5-18(15,16)13-2/h6-8,13-14H,3-5,9H2,1-2H3. The van der Waals surface area contributed by atoms with Crippen LogP contribution in [0.15, 0.2) is 18.2 Å². The molecule has 0 saturated carbocycles. The van der Waals surface area contributed by atoms with Crippen molar-refractivity contribution in [2.75, 3.05) is 19.4 Å². The summed E-state index contributed by atoms with van der Waals surface area (Å²) in [6.07, 6.45) is 0.422. The fourth-order valence-corrected chi connectivity index (χ4v) is 2.24. The second-order valence-electron chi connectivity index (χ2n) is 4.04. The second kappa shape index (κ2) is 6.72. The summed E-state index contributed by atoms with van der Waals surface area (Å²) in [6, 6.07) is 5.48. The first kappa shape index (κ1) is 14.9. The largest absolute Gasteiger partial charge is 0.494 e. The Kier molecular flexibility index (Phi) is 5.58. The topological polar surface area (TPSA) is 75.6 Å². The Morgan fingerprint density at radius 1 is 1.33 bits per heavy atom. The number of hydrogen-bond acceptors (Lipinski definition) is 4. The number of benzene rings is 1. The maximum absolute atomic E-state index is 11.2. The van der Waals surface area contributed by atoms with Crippen molar-refractivity contribution in [3.8, 4) is 5.75 Å². The smallest absolute Gasteiger partial charge is 0.211 e. The van der Waals surface area contributed by atoms with E-state index >= 15 is 0 Å². The highest BCUT2D eigenvalue weighted by atomic mass is 32.2. The molecule has 0 bridgehead atoms. The molecule has 0 unspecified atom stereocenters. The lowest BCUT2D eigenvalue weighted by Gasteiger charge is -2.09. The van der Waals surface area contributed by atoms with Crippen molar-refractivity contribution < 1.29 is 18.3 Å². The van der Waals surface area contributed by atoms with E-state index in [1.165, 1.54) is 7.05 Å². The van der Waals surface area contributed by atoms with E-state index in [9.17, 15) is 8.42 Å². The molecule has 0 aliphatic rings. The van der Waals surface area contributed by atoms with Crippen molar-refractivity contribution in [1.82, 2.24) is 4.72 Å². The van der Waals surface area contributed by atoms with Crippen LogP contribution in [0.4, 0.5) is 0 Å². The highest BCUT2D eigenvalue weighted by Gasteiger charge is 2.06. The van der Waals surface area contributed by atoms with E-state index in [0.29, 0.717) is 18.8 Å². The first-order valence-electron chi connectivity index (χ1n) is 5.72. The van der Waals surface area contributed by atoms with Crippen LogP contribution in [0.5, 0.6) is 5.75 Å². The number of sulfonamides is 1. The Hall–Kier alpha value is -1.11. The van der Waals surface area contributed by atoms with Crippen LogP contribution in [-0.2, 0) is 16.6 Å². The Morgan fingerprint density at radius 3 is 2.67 bits per heavy atom. The molecular weight excluding hydrogens is 254 g/mol. The fourth-order valence-electron chi connectivity index (χ4n) is 1.54. The zero-order chi connectivity index (χ0) is 13.6. The summed E-state index contributed by atoms with van der Waals surface area (Å²) in [5, 5.41) is 9.05. The third-order valence-corrected chi connectivity index (χ3v) is 3.88. The van der Waals surface area contributed by atoms with E-state index in [4.69, 9.17) is 9.84 Å². The Labute approximate surface area is 108 Å². The lowest BCUT2D eigenvalue weighted by molar-refractivity contribution is 0.279. The van der Waals surface area contributed by atoms with Crippen LogP contribution in [-0.4, -0.2) is 32.9 Å². The van der Waals surface area contributed by atoms with Gasteiger partial charge >= 0.3 is 0 Å². The minimum absolute atomic E-state index is 0.0355. The average molecular weight is 273 g/mol. The molecule has 1 aromatic carbocycles. The molecule has 102 valence electrons. The Morgan fingerprint density at radius 2 is 2.06 bits per heavy atom. The second-order valence-corrected chi connectivity index (χ2v) is 6.08. The van der Waals surface area contributed by atoms with Gasteiger partial charge in [0.1, 0.15) is 5.75 Å². The lowest BCUT2D eigenvalue weighted by Crippen LogP contribution is -2.23. The number of nitrogens with one attached hydrogen (secondary N) is 1. The van der Waals surface area contributed by atoms with Crippen LogP contribution >= 0.6 is 0 Å². The number of hydrogen-bond donors (Lipinski definition) is 2. The van der Waals surface area contributed by atoms with Gasteiger partial charge in [-0.25, -0.2) is 13.1 Å². The third kappa shape index (κ3) is 5.03. The highest BCUT2D eigenvalue weighted by Crippen LogP contribution is 2.17. The summed E-state index contributed by atoms with van der Waals surface area (Å²) < 4.78 is 30.0. The molecular formula is C12H19NO4S. The van der Waals surface area contributed by atoms with E-state index in [0.717, 1.165) is 11.1 Å². The molecule has 0 amide bonds. The zero-order valence-electron chi connectivity index (χ0n) is 10.6. The quantitative estimate of drug-likeness (QED) is 0.721. The average Bonchev–Trinajstić information content (AvgIpc) is 2.34. The molecule has 6 heteroatoms. The van der Waals surface area contributed by atoms with E-state index < -0.39 is 10.0 Å². The van der Waals surface area contributed by atoms with Gasteiger partial charge in [-0.3, -0.25) is 0 Å². The first-order chi connectivity index (χ1) is 8.46. The van der Waals surface area contributed by atoms with Crippen molar-refractivity contribution in [3.05, 3.63) is 29.3 Å². The molecule has 2 N–H and O–H groups in total. The van der Waals surface area contributed by atoms with Crippen LogP contribution in [0.1, 0.15) is 17.5 Å². The van der Waals surface area contributed by atoms with Gasteiger partial charge in [0.25, 0.3) is 0 Å². The maximum atomic E-state index is 11.2. The summed E-state index contributed by atoms with van der Waals surface area (Å²) in [4.78, 5) is 0. The van der Waals surface area contributed by atoms with Crippen molar-refractivity contribution in [3.63, 3.8) is 0 Å². The van der Waals surface area contributed by atoms with Crippen molar-refractivity contribution in [2.45, 2.75) is 20.0 Å². The van der Waals surface area contributed by atoms with E-state index in [2.05, 4.69) is 4.72 Å². The summed E-state index contributed by atoms with van der Waals surface area (Å²) in [5.74, 6) is 0.697. The number of aliphatic hydroxyl groups is 1. The maximum Gasteiger partial charge on any atom is 0.211 e. The molecule has 1 aromatic rings. The molecule has 0 aliphatic heterocycles. The van der Waals surface area contributed by atoms with Crippen LogP contribution in [0.2, 0.25) is 0 Å². The van der Waals surface area contributed by atoms with Crippen molar-refractivity contribution in [2.24, 2.45) is 0 Å². The summed E-state index contributed by atoms with van der Waals surface area (Å²) in [5.41, 5.74) is 1.78. The number of ether oxygens (including phenoxy) is 1. The predicted octanol–water partition coefficient (Wildman–Crippen LogP) is 0.805. The Balaban J connectivity index is 2.47. The molecule has 0 heterocycles. The van der Waals surface area contributed by atoms with Crippen molar-refractivity contribution >= 4 is 10.0 Å². The molecule has 0 atom stereocenters. The zero-order valence-corrected chi connectivity index (χ0v) is 11.5. The van der Waals surface area contributed by atoms with Gasteiger partial charge in [0.05, 0.1) is 19.0 Å². The van der Waals surface area contributed by atoms with Gasteiger partial charge < -0.3 is 9.84 Å². The van der Waals surface area contributed by atoms with Gasteiger partial charge in [-0.2, -0.15) is 0 Å². The summed E-state index contributed by atoms with van der Waals surface area (Å²) in [6.45, 7) is 2.21. The van der Waals surface area contributed by atoms with Crippen LogP contribution in [0.3, 0.4) is 0 Å². The van der Waals surface area contributed by atoms with Crippen molar-refractivity contribution in [1.29, 1.82) is 0 Å². The SMILES string of the molecule is CNS(=O)(=O)CCCOc1cc(C)cc(CO)c1. The summed E-state index contributed by atoms with van der Waals surface area (Å²) >= 11 is 0. The third-order valence-electron chi connectivity index (χ3n) is 2.43. The van der Waals surface area contributed by atoms with E-state index in [-0.39, 0.29) is 12.4 Å². The predicted molar refractivity (Wildman–Crippen MR) is 70.1 cm³/mol.